The summed E-state index contributed by atoms with van der Waals surface area (Å²) in [6, 6.07) is 12.4. The average Bonchev–Trinajstić information content (AvgIpc) is 3.24. The molecule has 0 saturated heterocycles. The van der Waals surface area contributed by atoms with Crippen LogP contribution in [-0.4, -0.2) is 28.0 Å². The van der Waals surface area contributed by atoms with E-state index in [-0.39, 0.29) is 17.4 Å². The summed E-state index contributed by atoms with van der Waals surface area (Å²) in [6.45, 7) is 1.02. The van der Waals surface area contributed by atoms with Gasteiger partial charge in [-0.2, -0.15) is 5.10 Å². The van der Waals surface area contributed by atoms with Crippen LogP contribution in [0.3, 0.4) is 0 Å². The monoisotopic (exact) mass is 378 g/mol. The van der Waals surface area contributed by atoms with E-state index in [1.165, 1.54) is 6.07 Å². The molecule has 5 rings (SSSR count). The molecule has 0 radical (unpaired) electrons. The number of nitro groups is 1. The number of benzene rings is 2. The molecule has 142 valence electrons. The maximum atomic E-state index is 11.5. The average molecular weight is 378 g/mol. The van der Waals surface area contributed by atoms with E-state index in [1.54, 1.807) is 22.9 Å². The van der Waals surface area contributed by atoms with Crippen LogP contribution in [0.4, 0.5) is 11.5 Å². The minimum Gasteiger partial charge on any atom is -0.454 e. The molecule has 8 nitrogen and oxygen atoms in total. The van der Waals surface area contributed by atoms with Crippen LogP contribution in [0, 0.1) is 10.1 Å². The number of fused-ring (bicyclic) bond motifs is 2. The molecule has 0 aliphatic carbocycles. The van der Waals surface area contributed by atoms with Gasteiger partial charge in [0.2, 0.25) is 6.79 Å². The van der Waals surface area contributed by atoms with Gasteiger partial charge in [-0.25, -0.2) is 4.68 Å². The van der Waals surface area contributed by atoms with Crippen molar-refractivity contribution in [3.8, 4) is 28.4 Å². The van der Waals surface area contributed by atoms with E-state index < -0.39 is 0 Å². The number of ether oxygens (including phenoxy) is 2. The summed E-state index contributed by atoms with van der Waals surface area (Å²) in [6.07, 6.45) is 2.92. The first-order valence-corrected chi connectivity index (χ1v) is 9.22. The minimum atomic E-state index is -0.375. The zero-order valence-corrected chi connectivity index (χ0v) is 15.1. The maximum absolute atomic E-state index is 11.5. The second-order valence-corrected chi connectivity index (χ2v) is 6.79. The molecule has 0 fully saturated rings. The molecular weight excluding hydrogens is 360 g/mol. The number of nitrogens with one attached hydrogen (secondary N) is 1. The van der Waals surface area contributed by atoms with Gasteiger partial charge in [0.15, 0.2) is 11.5 Å². The number of para-hydroxylation sites is 2. The van der Waals surface area contributed by atoms with E-state index in [4.69, 9.17) is 14.6 Å². The Bertz CT molecular complexity index is 1080. The summed E-state index contributed by atoms with van der Waals surface area (Å²) in [5, 5.41) is 19.8. The van der Waals surface area contributed by atoms with Gasteiger partial charge < -0.3 is 14.8 Å². The number of aromatic nitrogens is 2. The lowest BCUT2D eigenvalue weighted by Crippen LogP contribution is -2.08. The highest BCUT2D eigenvalue weighted by Gasteiger charge is 2.26. The van der Waals surface area contributed by atoms with Crippen molar-refractivity contribution in [1.82, 2.24) is 9.78 Å². The van der Waals surface area contributed by atoms with Crippen LogP contribution in [0.1, 0.15) is 18.4 Å². The molecule has 2 aliphatic rings. The molecule has 0 spiro atoms. The van der Waals surface area contributed by atoms with Crippen molar-refractivity contribution in [2.45, 2.75) is 19.3 Å². The molecule has 0 atom stereocenters. The SMILES string of the molecule is O=[N+]([O-])c1ccccc1-n1nc(-c2ccc3c(c2)OCO3)c2c1NCCCC2. The van der Waals surface area contributed by atoms with Gasteiger partial charge in [0, 0.05) is 23.7 Å². The normalized spacial score (nSPS) is 14.9. The molecule has 1 N–H and O–H groups in total. The number of nitro benzene ring substituents is 1. The number of hydrogen-bond donors (Lipinski definition) is 1. The van der Waals surface area contributed by atoms with Crippen molar-refractivity contribution < 1.29 is 14.4 Å². The third-order valence-corrected chi connectivity index (χ3v) is 5.08. The second-order valence-electron chi connectivity index (χ2n) is 6.79. The topological polar surface area (TPSA) is 91.5 Å². The summed E-state index contributed by atoms with van der Waals surface area (Å²) in [4.78, 5) is 11.2. The fraction of sp³-hybridized carbons (Fsp3) is 0.250. The quantitative estimate of drug-likeness (QED) is 0.549. The van der Waals surface area contributed by atoms with Crippen molar-refractivity contribution in [2.75, 3.05) is 18.7 Å². The number of rotatable bonds is 3. The third kappa shape index (κ3) is 2.65. The van der Waals surface area contributed by atoms with Crippen LogP contribution >= 0.6 is 0 Å². The van der Waals surface area contributed by atoms with Crippen molar-refractivity contribution in [2.24, 2.45) is 0 Å². The molecule has 0 saturated carbocycles. The van der Waals surface area contributed by atoms with Crippen LogP contribution in [0.25, 0.3) is 16.9 Å². The van der Waals surface area contributed by atoms with E-state index >= 15 is 0 Å². The van der Waals surface area contributed by atoms with Crippen molar-refractivity contribution in [1.29, 1.82) is 0 Å². The number of anilines is 1. The van der Waals surface area contributed by atoms with E-state index in [2.05, 4.69) is 5.32 Å². The largest absolute Gasteiger partial charge is 0.454 e. The standard InChI is InChI=1S/C20H18N4O4/c25-24(26)16-7-2-1-6-15(16)23-20-14(5-3-4-10-21-20)19(22-23)13-8-9-17-18(11-13)28-12-27-17/h1-2,6-9,11,21H,3-5,10,12H2. The van der Waals surface area contributed by atoms with Crippen molar-refractivity contribution in [3.63, 3.8) is 0 Å². The molecule has 2 aromatic carbocycles. The number of nitrogens with zero attached hydrogens (tertiary/aromatic N) is 3. The molecule has 0 unspecified atom stereocenters. The van der Waals surface area contributed by atoms with Gasteiger partial charge in [-0.15, -0.1) is 0 Å². The van der Waals surface area contributed by atoms with Gasteiger partial charge in [-0.3, -0.25) is 10.1 Å². The molecular formula is C20H18N4O4. The Morgan fingerprint density at radius 3 is 2.86 bits per heavy atom. The summed E-state index contributed by atoms with van der Waals surface area (Å²) in [5.74, 6) is 2.22. The van der Waals surface area contributed by atoms with Gasteiger partial charge in [0.05, 0.1) is 10.6 Å². The zero-order chi connectivity index (χ0) is 19.1. The van der Waals surface area contributed by atoms with Crippen molar-refractivity contribution >= 4 is 11.5 Å². The van der Waals surface area contributed by atoms with Crippen molar-refractivity contribution in [3.05, 3.63) is 58.1 Å². The first kappa shape index (κ1) is 16.6. The van der Waals surface area contributed by atoms with Gasteiger partial charge >= 0.3 is 0 Å². The molecule has 2 aliphatic heterocycles. The van der Waals surface area contributed by atoms with Gasteiger partial charge in [-0.1, -0.05) is 12.1 Å². The van der Waals surface area contributed by atoms with Crippen LogP contribution in [-0.2, 0) is 6.42 Å². The Morgan fingerprint density at radius 2 is 1.96 bits per heavy atom. The maximum Gasteiger partial charge on any atom is 0.294 e. The van der Waals surface area contributed by atoms with Crippen LogP contribution in [0.5, 0.6) is 11.5 Å². The fourth-order valence-electron chi connectivity index (χ4n) is 3.75. The Balaban J connectivity index is 1.71. The Kier molecular flexibility index (Phi) is 3.89. The zero-order valence-electron chi connectivity index (χ0n) is 15.1. The van der Waals surface area contributed by atoms with E-state index in [9.17, 15) is 10.1 Å². The Hall–Kier alpha value is -3.55. The second kappa shape index (κ2) is 6.56. The van der Waals surface area contributed by atoms with Crippen LogP contribution < -0.4 is 14.8 Å². The minimum absolute atomic E-state index is 0.0242. The highest BCUT2D eigenvalue weighted by Crippen LogP contribution is 2.40. The molecule has 0 bridgehead atoms. The molecule has 28 heavy (non-hydrogen) atoms. The summed E-state index contributed by atoms with van der Waals surface area (Å²) >= 11 is 0. The third-order valence-electron chi connectivity index (χ3n) is 5.08. The number of hydrogen-bond acceptors (Lipinski definition) is 6. The van der Waals surface area contributed by atoms with Gasteiger partial charge in [0.1, 0.15) is 11.5 Å². The summed E-state index contributed by atoms with van der Waals surface area (Å²) in [5.41, 5.74) is 3.25. The lowest BCUT2D eigenvalue weighted by atomic mass is 10.0. The molecule has 3 aromatic rings. The summed E-state index contributed by atoms with van der Waals surface area (Å²) < 4.78 is 12.6. The smallest absolute Gasteiger partial charge is 0.294 e. The lowest BCUT2D eigenvalue weighted by Gasteiger charge is -2.09. The predicted molar refractivity (Wildman–Crippen MR) is 103 cm³/mol. The van der Waals surface area contributed by atoms with Gasteiger partial charge in [0.25, 0.3) is 5.69 Å². The fourth-order valence-corrected chi connectivity index (χ4v) is 3.75. The first-order chi connectivity index (χ1) is 13.7. The molecule has 8 heteroatoms. The van der Waals surface area contributed by atoms with E-state index in [0.29, 0.717) is 17.2 Å². The Morgan fingerprint density at radius 1 is 1.11 bits per heavy atom. The molecule has 0 amide bonds. The predicted octanol–water partition coefficient (Wildman–Crippen LogP) is 3.92. The van der Waals surface area contributed by atoms with Crippen LogP contribution in [0.15, 0.2) is 42.5 Å². The van der Waals surface area contributed by atoms with Gasteiger partial charge in [-0.05, 0) is 43.5 Å². The van der Waals surface area contributed by atoms with Crippen LogP contribution in [0.2, 0.25) is 0 Å². The first-order valence-electron chi connectivity index (χ1n) is 9.22. The summed E-state index contributed by atoms with van der Waals surface area (Å²) in [7, 11) is 0. The highest BCUT2D eigenvalue weighted by molar-refractivity contribution is 5.74. The highest BCUT2D eigenvalue weighted by atomic mass is 16.7. The van der Waals surface area contributed by atoms with E-state index in [0.717, 1.165) is 48.4 Å². The van der Waals surface area contributed by atoms with E-state index in [1.807, 2.05) is 18.2 Å². The molecule has 3 heterocycles. The Labute approximate surface area is 160 Å². The lowest BCUT2D eigenvalue weighted by molar-refractivity contribution is -0.384. The molecule has 1 aromatic heterocycles.